The predicted molar refractivity (Wildman–Crippen MR) is 257 cm³/mol. The zero-order valence-corrected chi connectivity index (χ0v) is 34.0. The van der Waals surface area contributed by atoms with Crippen molar-refractivity contribution in [3.63, 3.8) is 0 Å². The van der Waals surface area contributed by atoms with Crippen molar-refractivity contribution in [1.82, 2.24) is 9.97 Å². The molecule has 0 spiro atoms. The van der Waals surface area contributed by atoms with Crippen LogP contribution in [0.2, 0.25) is 0 Å². The van der Waals surface area contributed by atoms with Gasteiger partial charge in [-0.25, -0.2) is 9.97 Å². The lowest BCUT2D eigenvalue weighted by Crippen LogP contribution is -2.14. The van der Waals surface area contributed by atoms with Gasteiger partial charge < -0.3 is 0 Å². The van der Waals surface area contributed by atoms with Gasteiger partial charge in [0.15, 0.2) is 5.82 Å². The van der Waals surface area contributed by atoms with E-state index >= 15 is 0 Å². The first-order valence-electron chi connectivity index (χ1n) is 21.1. The average Bonchev–Trinajstić information content (AvgIpc) is 3.55. The van der Waals surface area contributed by atoms with E-state index in [0.717, 1.165) is 33.9 Å². The highest BCUT2D eigenvalue weighted by molar-refractivity contribution is 6.28. The summed E-state index contributed by atoms with van der Waals surface area (Å²) < 4.78 is 0. The predicted octanol–water partition coefficient (Wildman–Crippen LogP) is 15.7. The third-order valence-corrected chi connectivity index (χ3v) is 13.0. The molecule has 11 aromatic rings. The summed E-state index contributed by atoms with van der Waals surface area (Å²) in [4.78, 5) is 10.4. The zero-order valence-electron chi connectivity index (χ0n) is 34.0. The Bertz CT molecular complexity index is 3550. The van der Waals surface area contributed by atoms with Crippen molar-refractivity contribution in [2.24, 2.45) is 0 Å². The summed E-state index contributed by atoms with van der Waals surface area (Å²) >= 11 is 0. The second-order valence-electron chi connectivity index (χ2n) is 16.9. The molecule has 12 rings (SSSR count). The molecule has 0 saturated carbocycles. The molecule has 1 aliphatic rings. The van der Waals surface area contributed by atoms with Crippen LogP contribution in [0.4, 0.5) is 0 Å². The van der Waals surface area contributed by atoms with Crippen LogP contribution in [0.15, 0.2) is 206 Å². The molecule has 2 nitrogen and oxygen atoms in total. The minimum Gasteiger partial charge on any atom is -0.228 e. The average molecular weight is 777 g/mol. The zero-order chi connectivity index (χ0) is 40.7. The maximum Gasteiger partial charge on any atom is 0.160 e. The third kappa shape index (κ3) is 5.64. The van der Waals surface area contributed by atoms with Gasteiger partial charge in [0, 0.05) is 22.1 Å². The Morgan fingerprint density at radius 2 is 0.869 bits per heavy atom. The molecule has 0 saturated heterocycles. The number of hydrogen-bond donors (Lipinski definition) is 0. The van der Waals surface area contributed by atoms with Crippen molar-refractivity contribution in [2.45, 2.75) is 19.3 Å². The van der Waals surface area contributed by atoms with Crippen LogP contribution in [-0.4, -0.2) is 9.97 Å². The maximum atomic E-state index is 5.22. The smallest absolute Gasteiger partial charge is 0.160 e. The van der Waals surface area contributed by atoms with Crippen LogP contribution < -0.4 is 0 Å². The standard InChI is InChI=1S/C59H40N2/c1-59(2)51-24-14-13-21-46(51)50-35-43(30-32-52(50)59)54-36-53(60-58(61-54)39-18-7-4-8-19-39)42-27-25-41-34-44(28-26-40(41)33-42)56-48-23-12-11-22-47(48)55(38-16-5-3-6-17-38)49-31-29-37-15-9-10-20-45(37)57(49)56/h3-36H,1-2H3. The molecule has 61 heavy (non-hydrogen) atoms. The van der Waals surface area contributed by atoms with Crippen LogP contribution in [0, 0.1) is 0 Å². The number of nitrogens with zero attached hydrogens (tertiary/aromatic N) is 2. The first-order chi connectivity index (χ1) is 30.0. The van der Waals surface area contributed by atoms with Crippen molar-refractivity contribution in [3.8, 4) is 67.3 Å². The van der Waals surface area contributed by atoms with E-state index in [1.807, 2.05) is 6.07 Å². The van der Waals surface area contributed by atoms with Gasteiger partial charge in [0.25, 0.3) is 0 Å². The van der Waals surface area contributed by atoms with Gasteiger partial charge >= 0.3 is 0 Å². The summed E-state index contributed by atoms with van der Waals surface area (Å²) in [5, 5.41) is 9.91. The second kappa shape index (κ2) is 13.7. The monoisotopic (exact) mass is 776 g/mol. The van der Waals surface area contributed by atoms with Gasteiger partial charge in [-0.05, 0) is 112 Å². The molecule has 10 aromatic carbocycles. The van der Waals surface area contributed by atoms with Crippen LogP contribution in [0.1, 0.15) is 25.0 Å². The van der Waals surface area contributed by atoms with Crippen LogP contribution in [0.5, 0.6) is 0 Å². The fourth-order valence-corrected chi connectivity index (χ4v) is 10.1. The Morgan fingerprint density at radius 1 is 0.328 bits per heavy atom. The molecule has 0 bridgehead atoms. The summed E-state index contributed by atoms with van der Waals surface area (Å²) in [6, 6.07) is 75.0. The highest BCUT2D eigenvalue weighted by Crippen LogP contribution is 2.50. The Kier molecular flexibility index (Phi) is 7.92. The fourth-order valence-electron chi connectivity index (χ4n) is 10.1. The molecular formula is C59H40N2. The number of benzene rings is 10. The van der Waals surface area contributed by atoms with Gasteiger partial charge in [0.1, 0.15) is 0 Å². The molecule has 0 atom stereocenters. The summed E-state index contributed by atoms with van der Waals surface area (Å²) in [6.45, 7) is 4.65. The Hall–Kier alpha value is -7.68. The van der Waals surface area contributed by atoms with Crippen LogP contribution in [-0.2, 0) is 5.41 Å². The Balaban J connectivity index is 1.02. The molecule has 1 aliphatic carbocycles. The molecule has 2 heteroatoms. The van der Waals surface area contributed by atoms with Crippen molar-refractivity contribution in [3.05, 3.63) is 217 Å². The first-order valence-corrected chi connectivity index (χ1v) is 21.1. The number of hydrogen-bond acceptors (Lipinski definition) is 2. The van der Waals surface area contributed by atoms with Crippen LogP contribution in [0.3, 0.4) is 0 Å². The minimum absolute atomic E-state index is 0.0545. The number of aromatic nitrogens is 2. The number of fused-ring (bicyclic) bond motifs is 8. The van der Waals surface area contributed by atoms with Crippen molar-refractivity contribution in [2.75, 3.05) is 0 Å². The topological polar surface area (TPSA) is 25.8 Å². The molecule has 0 unspecified atom stereocenters. The Morgan fingerprint density at radius 3 is 1.62 bits per heavy atom. The molecular weight excluding hydrogens is 737 g/mol. The fraction of sp³-hybridized carbons (Fsp3) is 0.0508. The van der Waals surface area contributed by atoms with E-state index in [4.69, 9.17) is 9.97 Å². The summed E-state index contributed by atoms with van der Waals surface area (Å²) in [5.41, 5.74) is 15.2. The summed E-state index contributed by atoms with van der Waals surface area (Å²) in [5.74, 6) is 0.717. The molecule has 286 valence electrons. The molecule has 0 radical (unpaired) electrons. The third-order valence-electron chi connectivity index (χ3n) is 13.0. The first kappa shape index (κ1) is 35.3. The molecule has 0 N–H and O–H groups in total. The molecule has 0 aliphatic heterocycles. The van der Waals surface area contributed by atoms with Gasteiger partial charge in [-0.3, -0.25) is 0 Å². The van der Waals surface area contributed by atoms with Crippen LogP contribution in [0.25, 0.3) is 110 Å². The minimum atomic E-state index is -0.0545. The van der Waals surface area contributed by atoms with Gasteiger partial charge in [-0.15, -0.1) is 0 Å². The molecule has 0 fully saturated rings. The quantitative estimate of drug-likeness (QED) is 0.128. The van der Waals surface area contributed by atoms with Gasteiger partial charge in [0.05, 0.1) is 11.4 Å². The van der Waals surface area contributed by atoms with E-state index in [2.05, 4.69) is 214 Å². The summed E-state index contributed by atoms with van der Waals surface area (Å²) in [7, 11) is 0. The van der Waals surface area contributed by atoms with E-state index in [1.165, 1.54) is 87.6 Å². The van der Waals surface area contributed by atoms with Gasteiger partial charge in [0.2, 0.25) is 0 Å². The maximum absolute atomic E-state index is 5.22. The SMILES string of the molecule is CC1(C)c2ccccc2-c2cc(-c3cc(-c4ccc5cc(-c6c7ccccc7c(-c7ccccc7)c7ccc8ccccc8c67)ccc5c4)nc(-c4ccccc4)n3)ccc21. The Labute approximate surface area is 355 Å². The molecule has 1 heterocycles. The van der Waals surface area contributed by atoms with E-state index in [0.29, 0.717) is 0 Å². The van der Waals surface area contributed by atoms with E-state index in [9.17, 15) is 0 Å². The van der Waals surface area contributed by atoms with Crippen molar-refractivity contribution < 1.29 is 0 Å². The van der Waals surface area contributed by atoms with Gasteiger partial charge in [-0.2, -0.15) is 0 Å². The van der Waals surface area contributed by atoms with Crippen LogP contribution >= 0.6 is 0 Å². The summed E-state index contributed by atoms with van der Waals surface area (Å²) in [6.07, 6.45) is 0. The lowest BCUT2D eigenvalue weighted by molar-refractivity contribution is 0.660. The van der Waals surface area contributed by atoms with Gasteiger partial charge in [-0.1, -0.05) is 196 Å². The largest absolute Gasteiger partial charge is 0.228 e. The lowest BCUT2D eigenvalue weighted by Gasteiger charge is -2.21. The number of rotatable bonds is 5. The van der Waals surface area contributed by atoms with E-state index < -0.39 is 0 Å². The lowest BCUT2D eigenvalue weighted by atomic mass is 9.82. The molecule has 0 amide bonds. The van der Waals surface area contributed by atoms with E-state index in [-0.39, 0.29) is 5.41 Å². The molecule has 1 aromatic heterocycles. The van der Waals surface area contributed by atoms with Crippen molar-refractivity contribution >= 4 is 43.1 Å². The van der Waals surface area contributed by atoms with Crippen molar-refractivity contribution in [1.29, 1.82) is 0 Å². The van der Waals surface area contributed by atoms with E-state index in [1.54, 1.807) is 0 Å². The highest BCUT2D eigenvalue weighted by atomic mass is 14.9. The highest BCUT2D eigenvalue weighted by Gasteiger charge is 2.35. The normalized spacial score (nSPS) is 12.9. The second-order valence-corrected chi connectivity index (χ2v) is 16.9.